The number of hydrogen-bond acceptors (Lipinski definition) is 4. The third kappa shape index (κ3) is 3.45. The Bertz CT molecular complexity index is 808. The van der Waals surface area contributed by atoms with E-state index in [0.29, 0.717) is 17.2 Å². The zero-order valence-electron chi connectivity index (χ0n) is 16.7. The summed E-state index contributed by atoms with van der Waals surface area (Å²) in [4.78, 5) is 17.6. The van der Waals surface area contributed by atoms with E-state index in [1.54, 1.807) is 0 Å². The molecule has 1 aromatic heterocycles. The number of aryl methyl sites for hydroxylation is 1. The number of nitrogens with one attached hydrogen (secondary N) is 1. The van der Waals surface area contributed by atoms with Crippen molar-refractivity contribution in [2.24, 2.45) is 23.7 Å². The standard InChI is InChI=1S/C23H29N3OS/c1-14-2-3-20-18(4-14)8-19(12-24)22(25-20)28-13-21(27)26-23-9-15-5-16(10-23)7-17(6-15)11-23/h8,14-17H,2-7,9-11,13H2,1H3,(H,26,27). The van der Waals surface area contributed by atoms with Crippen LogP contribution < -0.4 is 5.32 Å². The average Bonchev–Trinajstić information content (AvgIpc) is 2.64. The van der Waals surface area contributed by atoms with Crippen molar-refractivity contribution in [3.63, 3.8) is 0 Å². The van der Waals surface area contributed by atoms with Crippen molar-refractivity contribution >= 4 is 17.7 Å². The number of pyridine rings is 1. The van der Waals surface area contributed by atoms with Crippen molar-refractivity contribution in [2.45, 2.75) is 75.3 Å². The van der Waals surface area contributed by atoms with Crippen molar-refractivity contribution in [1.82, 2.24) is 10.3 Å². The quantitative estimate of drug-likeness (QED) is 0.774. The van der Waals surface area contributed by atoms with Crippen molar-refractivity contribution in [3.8, 4) is 6.07 Å². The Morgan fingerprint density at radius 1 is 1.29 bits per heavy atom. The summed E-state index contributed by atoms with van der Waals surface area (Å²) in [6.45, 7) is 2.26. The van der Waals surface area contributed by atoms with E-state index in [1.165, 1.54) is 55.9 Å². The Morgan fingerprint density at radius 2 is 1.96 bits per heavy atom. The lowest BCUT2D eigenvalue weighted by Crippen LogP contribution is -2.60. The molecular weight excluding hydrogens is 366 g/mol. The number of nitriles is 1. The molecule has 1 N–H and O–H groups in total. The molecule has 4 fully saturated rings. The van der Waals surface area contributed by atoms with Crippen LogP contribution in [0.5, 0.6) is 0 Å². The topological polar surface area (TPSA) is 65.8 Å². The molecule has 0 aromatic carbocycles. The number of carbonyl (C=O) groups is 1. The average molecular weight is 396 g/mol. The van der Waals surface area contributed by atoms with E-state index in [0.717, 1.165) is 47.7 Å². The fourth-order valence-electron chi connectivity index (χ4n) is 6.75. The van der Waals surface area contributed by atoms with Gasteiger partial charge in [0.1, 0.15) is 11.1 Å². The molecule has 6 rings (SSSR count). The lowest BCUT2D eigenvalue weighted by molar-refractivity contribution is -0.124. The van der Waals surface area contributed by atoms with E-state index < -0.39 is 0 Å². The van der Waals surface area contributed by atoms with Crippen LogP contribution in [0.15, 0.2) is 11.1 Å². The molecule has 148 valence electrons. The van der Waals surface area contributed by atoms with Crippen LogP contribution in [0.4, 0.5) is 0 Å². The summed E-state index contributed by atoms with van der Waals surface area (Å²) in [5.41, 5.74) is 3.03. The minimum Gasteiger partial charge on any atom is -0.350 e. The highest BCUT2D eigenvalue weighted by atomic mass is 32.2. The first-order valence-electron chi connectivity index (χ1n) is 10.9. The van der Waals surface area contributed by atoms with E-state index in [1.807, 2.05) is 6.07 Å². The van der Waals surface area contributed by atoms with E-state index in [2.05, 4.69) is 18.3 Å². The third-order valence-electron chi connectivity index (χ3n) is 7.50. The number of carbonyl (C=O) groups excluding carboxylic acids is 1. The number of fused-ring (bicyclic) bond motifs is 1. The summed E-state index contributed by atoms with van der Waals surface area (Å²) in [5.74, 6) is 3.62. The highest BCUT2D eigenvalue weighted by molar-refractivity contribution is 8.00. The van der Waals surface area contributed by atoms with E-state index in [4.69, 9.17) is 4.98 Å². The second kappa shape index (κ2) is 7.06. The van der Waals surface area contributed by atoms with Gasteiger partial charge in [-0.05, 0) is 93.1 Å². The Kier molecular flexibility index (Phi) is 4.66. The summed E-state index contributed by atoms with van der Waals surface area (Å²) < 4.78 is 0. The van der Waals surface area contributed by atoms with Gasteiger partial charge in [0, 0.05) is 11.2 Å². The number of nitrogens with zero attached hydrogens (tertiary/aromatic N) is 2. The summed E-state index contributed by atoms with van der Waals surface area (Å²) in [7, 11) is 0. The molecule has 0 radical (unpaired) electrons. The lowest BCUT2D eigenvalue weighted by Gasteiger charge is -2.56. The molecular formula is C23H29N3OS. The van der Waals surface area contributed by atoms with Crippen molar-refractivity contribution in [2.75, 3.05) is 5.75 Å². The summed E-state index contributed by atoms with van der Waals surface area (Å²) >= 11 is 1.44. The molecule has 0 aliphatic heterocycles. The van der Waals surface area contributed by atoms with Gasteiger partial charge in [0.05, 0.1) is 11.3 Å². The number of aromatic nitrogens is 1. The van der Waals surface area contributed by atoms with Crippen LogP contribution in [0, 0.1) is 35.0 Å². The molecule has 0 spiro atoms. The summed E-state index contributed by atoms with van der Waals surface area (Å²) in [6, 6.07) is 4.31. The number of amides is 1. The van der Waals surface area contributed by atoms with Crippen LogP contribution in [-0.4, -0.2) is 22.2 Å². The van der Waals surface area contributed by atoms with Crippen LogP contribution in [0.25, 0.3) is 0 Å². The smallest absolute Gasteiger partial charge is 0.230 e. The molecule has 4 saturated carbocycles. The third-order valence-corrected chi connectivity index (χ3v) is 8.49. The molecule has 4 nitrogen and oxygen atoms in total. The van der Waals surface area contributed by atoms with Crippen LogP contribution in [0.1, 0.15) is 68.7 Å². The fourth-order valence-corrected chi connectivity index (χ4v) is 7.52. The van der Waals surface area contributed by atoms with Crippen LogP contribution in [0.3, 0.4) is 0 Å². The molecule has 0 saturated heterocycles. The normalized spacial score (nSPS) is 35.3. The maximum atomic E-state index is 12.8. The first-order chi connectivity index (χ1) is 13.5. The molecule has 5 aliphatic rings. The fraction of sp³-hybridized carbons (Fsp3) is 0.696. The van der Waals surface area contributed by atoms with Gasteiger partial charge in [-0.25, -0.2) is 4.98 Å². The monoisotopic (exact) mass is 395 g/mol. The van der Waals surface area contributed by atoms with E-state index in [9.17, 15) is 10.1 Å². The van der Waals surface area contributed by atoms with Gasteiger partial charge in [0.25, 0.3) is 0 Å². The van der Waals surface area contributed by atoms with Gasteiger partial charge in [-0.15, -0.1) is 0 Å². The minimum absolute atomic E-state index is 0.0594. The summed E-state index contributed by atoms with van der Waals surface area (Å²) in [6.07, 6.45) is 10.8. The lowest BCUT2D eigenvalue weighted by atomic mass is 9.53. The Balaban J connectivity index is 1.25. The largest absolute Gasteiger partial charge is 0.350 e. The Hall–Kier alpha value is -1.54. The molecule has 5 heteroatoms. The molecule has 4 bridgehead atoms. The Morgan fingerprint density at radius 3 is 2.61 bits per heavy atom. The molecule has 1 unspecified atom stereocenters. The zero-order valence-corrected chi connectivity index (χ0v) is 17.5. The molecule has 28 heavy (non-hydrogen) atoms. The Labute approximate surface area is 171 Å². The van der Waals surface area contributed by atoms with Gasteiger partial charge in [0.15, 0.2) is 0 Å². The molecule has 1 aromatic rings. The molecule has 5 aliphatic carbocycles. The SMILES string of the molecule is CC1CCc2nc(SCC(=O)NC34CC5CC(CC(C5)C3)C4)c(C#N)cc2C1. The molecule has 1 atom stereocenters. The van der Waals surface area contributed by atoms with Gasteiger partial charge in [-0.1, -0.05) is 18.7 Å². The van der Waals surface area contributed by atoms with E-state index >= 15 is 0 Å². The minimum atomic E-state index is 0.0594. The van der Waals surface area contributed by atoms with Crippen molar-refractivity contribution < 1.29 is 4.79 Å². The van der Waals surface area contributed by atoms with Crippen molar-refractivity contribution in [3.05, 3.63) is 22.9 Å². The van der Waals surface area contributed by atoms with Gasteiger partial charge in [-0.3, -0.25) is 4.79 Å². The molecule has 1 amide bonds. The van der Waals surface area contributed by atoms with E-state index in [-0.39, 0.29) is 11.4 Å². The predicted octanol–water partition coefficient (Wildman–Crippen LogP) is 4.26. The predicted molar refractivity (Wildman–Crippen MR) is 110 cm³/mol. The zero-order chi connectivity index (χ0) is 19.3. The van der Waals surface area contributed by atoms with Crippen LogP contribution >= 0.6 is 11.8 Å². The maximum absolute atomic E-state index is 12.8. The van der Waals surface area contributed by atoms with Gasteiger partial charge in [-0.2, -0.15) is 5.26 Å². The van der Waals surface area contributed by atoms with Crippen LogP contribution in [0.2, 0.25) is 0 Å². The number of rotatable bonds is 4. The highest BCUT2D eigenvalue weighted by Gasteiger charge is 2.51. The number of hydrogen-bond donors (Lipinski definition) is 1. The van der Waals surface area contributed by atoms with Crippen LogP contribution in [-0.2, 0) is 17.6 Å². The first kappa shape index (κ1) is 18.5. The maximum Gasteiger partial charge on any atom is 0.230 e. The van der Waals surface area contributed by atoms with Gasteiger partial charge in [0.2, 0.25) is 5.91 Å². The number of thioether (sulfide) groups is 1. The van der Waals surface area contributed by atoms with Gasteiger partial charge < -0.3 is 5.32 Å². The molecule has 1 heterocycles. The first-order valence-corrected chi connectivity index (χ1v) is 11.9. The highest BCUT2D eigenvalue weighted by Crippen LogP contribution is 2.55. The summed E-state index contributed by atoms with van der Waals surface area (Å²) in [5, 5.41) is 13.7. The second-order valence-corrected chi connectivity index (χ2v) is 10.9. The van der Waals surface area contributed by atoms with Crippen molar-refractivity contribution in [1.29, 1.82) is 5.26 Å². The second-order valence-electron chi connectivity index (χ2n) is 9.94. The van der Waals surface area contributed by atoms with Gasteiger partial charge >= 0.3 is 0 Å².